The first-order valence-electron chi connectivity index (χ1n) is 5.74. The highest BCUT2D eigenvalue weighted by atomic mass is 16.1. The van der Waals surface area contributed by atoms with Crippen LogP contribution in [0.15, 0.2) is 0 Å². The standard InChI is InChI=1S/C11H24N2O/c1-4-7-8-10(5-2)13-9-11(14)12-6-3/h10,13H,4-9H2,1-3H3,(H,12,14). The zero-order chi connectivity index (χ0) is 10.8. The summed E-state index contributed by atoms with van der Waals surface area (Å²) in [6.45, 7) is 7.45. The molecule has 2 N–H and O–H groups in total. The van der Waals surface area contributed by atoms with Crippen LogP contribution in [-0.2, 0) is 4.79 Å². The number of nitrogens with one attached hydrogen (secondary N) is 2. The average molecular weight is 200 g/mol. The largest absolute Gasteiger partial charge is 0.355 e. The second-order valence-electron chi connectivity index (χ2n) is 3.58. The molecular formula is C11H24N2O. The number of hydrogen-bond donors (Lipinski definition) is 2. The molecule has 0 aromatic rings. The molecule has 1 atom stereocenters. The van der Waals surface area contributed by atoms with E-state index in [0.717, 1.165) is 6.42 Å². The predicted octanol–water partition coefficient (Wildman–Crippen LogP) is 1.68. The summed E-state index contributed by atoms with van der Waals surface area (Å²) in [5, 5.41) is 6.06. The fraction of sp³-hybridized carbons (Fsp3) is 0.909. The SMILES string of the molecule is CCCCC(CC)NCC(=O)NCC. The number of rotatable bonds is 8. The molecule has 0 heterocycles. The van der Waals surface area contributed by atoms with E-state index in [1.807, 2.05) is 6.92 Å². The summed E-state index contributed by atoms with van der Waals surface area (Å²) in [6, 6.07) is 0.498. The van der Waals surface area contributed by atoms with Crippen LogP contribution in [0, 0.1) is 0 Å². The lowest BCUT2D eigenvalue weighted by molar-refractivity contribution is -0.120. The number of carbonyl (C=O) groups is 1. The summed E-state index contributed by atoms with van der Waals surface area (Å²) in [6.07, 6.45) is 4.73. The van der Waals surface area contributed by atoms with Crippen LogP contribution >= 0.6 is 0 Å². The van der Waals surface area contributed by atoms with Gasteiger partial charge in [0.1, 0.15) is 0 Å². The van der Waals surface area contributed by atoms with Crippen molar-refractivity contribution in [3.63, 3.8) is 0 Å². The van der Waals surface area contributed by atoms with Gasteiger partial charge in [0.25, 0.3) is 0 Å². The van der Waals surface area contributed by atoms with Crippen LogP contribution < -0.4 is 10.6 Å². The summed E-state index contributed by atoms with van der Waals surface area (Å²) in [5.41, 5.74) is 0. The van der Waals surface area contributed by atoms with E-state index in [9.17, 15) is 4.79 Å². The minimum Gasteiger partial charge on any atom is -0.355 e. The molecule has 14 heavy (non-hydrogen) atoms. The minimum absolute atomic E-state index is 0.0995. The van der Waals surface area contributed by atoms with Crippen LogP contribution in [0.25, 0.3) is 0 Å². The molecule has 1 unspecified atom stereocenters. The number of carbonyl (C=O) groups excluding carboxylic acids is 1. The highest BCUT2D eigenvalue weighted by Gasteiger charge is 2.06. The molecule has 1 amide bonds. The van der Waals surface area contributed by atoms with Gasteiger partial charge >= 0.3 is 0 Å². The number of likely N-dealkylation sites (N-methyl/N-ethyl adjacent to an activating group) is 1. The van der Waals surface area contributed by atoms with Crippen molar-refractivity contribution in [2.75, 3.05) is 13.1 Å². The van der Waals surface area contributed by atoms with Gasteiger partial charge in [0, 0.05) is 12.6 Å². The van der Waals surface area contributed by atoms with Crippen LogP contribution in [0.1, 0.15) is 46.5 Å². The molecule has 0 bridgehead atoms. The lowest BCUT2D eigenvalue weighted by Gasteiger charge is -2.15. The minimum atomic E-state index is 0.0995. The third-order valence-corrected chi connectivity index (χ3v) is 2.32. The average Bonchev–Trinajstić information content (AvgIpc) is 2.19. The van der Waals surface area contributed by atoms with E-state index < -0.39 is 0 Å². The highest BCUT2D eigenvalue weighted by Crippen LogP contribution is 2.03. The topological polar surface area (TPSA) is 41.1 Å². The van der Waals surface area contributed by atoms with Gasteiger partial charge in [-0.05, 0) is 19.8 Å². The van der Waals surface area contributed by atoms with E-state index in [2.05, 4.69) is 24.5 Å². The molecule has 0 saturated carbocycles. The summed E-state index contributed by atoms with van der Waals surface area (Å²) in [7, 11) is 0. The Morgan fingerprint density at radius 2 is 2.00 bits per heavy atom. The highest BCUT2D eigenvalue weighted by molar-refractivity contribution is 5.77. The molecule has 0 fully saturated rings. The maximum absolute atomic E-state index is 11.2. The first-order valence-corrected chi connectivity index (χ1v) is 5.74. The number of hydrogen-bond acceptors (Lipinski definition) is 2. The van der Waals surface area contributed by atoms with Crippen molar-refractivity contribution < 1.29 is 4.79 Å². The Balaban J connectivity index is 3.55. The van der Waals surface area contributed by atoms with E-state index in [-0.39, 0.29) is 5.91 Å². The predicted molar refractivity (Wildman–Crippen MR) is 60.3 cm³/mol. The Kier molecular flexibility index (Phi) is 8.64. The summed E-state index contributed by atoms with van der Waals surface area (Å²) < 4.78 is 0. The first-order chi connectivity index (χ1) is 6.74. The van der Waals surface area contributed by atoms with Crippen molar-refractivity contribution in [2.45, 2.75) is 52.5 Å². The van der Waals surface area contributed by atoms with Gasteiger partial charge in [0.05, 0.1) is 6.54 Å². The van der Waals surface area contributed by atoms with Crippen LogP contribution in [-0.4, -0.2) is 25.0 Å². The van der Waals surface area contributed by atoms with Crippen molar-refractivity contribution in [2.24, 2.45) is 0 Å². The van der Waals surface area contributed by atoms with Crippen molar-refractivity contribution in [1.82, 2.24) is 10.6 Å². The lowest BCUT2D eigenvalue weighted by atomic mass is 10.1. The molecular weight excluding hydrogens is 176 g/mol. The smallest absolute Gasteiger partial charge is 0.233 e. The van der Waals surface area contributed by atoms with E-state index in [0.29, 0.717) is 19.1 Å². The second kappa shape index (κ2) is 9.00. The van der Waals surface area contributed by atoms with Gasteiger partial charge < -0.3 is 10.6 Å². The monoisotopic (exact) mass is 200 g/mol. The Morgan fingerprint density at radius 1 is 1.29 bits per heavy atom. The lowest BCUT2D eigenvalue weighted by Crippen LogP contribution is -2.38. The van der Waals surface area contributed by atoms with Crippen molar-refractivity contribution in [3.8, 4) is 0 Å². The molecule has 0 rings (SSSR count). The Labute approximate surface area is 87.6 Å². The van der Waals surface area contributed by atoms with Gasteiger partial charge in [-0.1, -0.05) is 26.7 Å². The van der Waals surface area contributed by atoms with Crippen LogP contribution in [0.4, 0.5) is 0 Å². The van der Waals surface area contributed by atoms with Gasteiger partial charge in [-0.2, -0.15) is 0 Å². The van der Waals surface area contributed by atoms with E-state index >= 15 is 0 Å². The second-order valence-corrected chi connectivity index (χ2v) is 3.58. The molecule has 0 aromatic heterocycles. The summed E-state index contributed by atoms with van der Waals surface area (Å²) in [4.78, 5) is 11.2. The van der Waals surface area contributed by atoms with Crippen molar-refractivity contribution in [1.29, 1.82) is 0 Å². The van der Waals surface area contributed by atoms with Crippen LogP contribution in [0.3, 0.4) is 0 Å². The van der Waals surface area contributed by atoms with E-state index in [4.69, 9.17) is 0 Å². The molecule has 3 heteroatoms. The fourth-order valence-corrected chi connectivity index (χ4v) is 1.40. The number of unbranched alkanes of at least 4 members (excludes halogenated alkanes) is 1. The summed E-state index contributed by atoms with van der Waals surface area (Å²) >= 11 is 0. The van der Waals surface area contributed by atoms with Gasteiger partial charge in [0.15, 0.2) is 0 Å². The molecule has 0 radical (unpaired) electrons. The van der Waals surface area contributed by atoms with Gasteiger partial charge in [-0.15, -0.1) is 0 Å². The number of amides is 1. The Morgan fingerprint density at radius 3 is 2.50 bits per heavy atom. The summed E-state index contributed by atoms with van der Waals surface area (Å²) in [5.74, 6) is 0.0995. The zero-order valence-electron chi connectivity index (χ0n) is 9.73. The molecule has 0 aliphatic rings. The third-order valence-electron chi connectivity index (χ3n) is 2.32. The van der Waals surface area contributed by atoms with Crippen molar-refractivity contribution >= 4 is 5.91 Å². The molecule has 0 aliphatic heterocycles. The van der Waals surface area contributed by atoms with Gasteiger partial charge in [0.2, 0.25) is 5.91 Å². The van der Waals surface area contributed by atoms with Gasteiger partial charge in [-0.3, -0.25) is 4.79 Å². The zero-order valence-corrected chi connectivity index (χ0v) is 9.73. The van der Waals surface area contributed by atoms with Crippen molar-refractivity contribution in [3.05, 3.63) is 0 Å². The Hall–Kier alpha value is -0.570. The molecule has 3 nitrogen and oxygen atoms in total. The Bertz CT molecular complexity index is 148. The molecule has 84 valence electrons. The molecule has 0 spiro atoms. The van der Waals surface area contributed by atoms with E-state index in [1.54, 1.807) is 0 Å². The van der Waals surface area contributed by atoms with Crippen LogP contribution in [0.5, 0.6) is 0 Å². The van der Waals surface area contributed by atoms with Gasteiger partial charge in [-0.25, -0.2) is 0 Å². The van der Waals surface area contributed by atoms with Crippen LogP contribution in [0.2, 0.25) is 0 Å². The quantitative estimate of drug-likeness (QED) is 0.626. The third kappa shape index (κ3) is 6.89. The maximum atomic E-state index is 11.2. The fourth-order valence-electron chi connectivity index (χ4n) is 1.40. The maximum Gasteiger partial charge on any atom is 0.233 e. The molecule has 0 saturated heterocycles. The normalized spacial score (nSPS) is 12.5. The first kappa shape index (κ1) is 13.4. The van der Waals surface area contributed by atoms with E-state index in [1.165, 1.54) is 19.3 Å². The molecule has 0 aromatic carbocycles. The molecule has 0 aliphatic carbocycles.